The molecule has 0 bridgehead atoms. The lowest BCUT2D eigenvalue weighted by Gasteiger charge is -2.34. The monoisotopic (exact) mass is 404 g/mol. The number of halogens is 1. The summed E-state index contributed by atoms with van der Waals surface area (Å²) in [4.78, 5) is 18.1. The molecule has 0 unspecified atom stereocenters. The molecule has 25 heavy (non-hydrogen) atoms. The van der Waals surface area contributed by atoms with Crippen LogP contribution >= 0.6 is 15.9 Å². The van der Waals surface area contributed by atoms with E-state index in [1.165, 1.54) is 25.7 Å². The van der Waals surface area contributed by atoms with Gasteiger partial charge in [-0.15, -0.1) is 0 Å². The maximum absolute atomic E-state index is 13.1. The third-order valence-electron chi connectivity index (χ3n) is 5.74. The summed E-state index contributed by atoms with van der Waals surface area (Å²) in [6, 6.07) is 5.85. The summed E-state index contributed by atoms with van der Waals surface area (Å²) < 4.78 is 2.86. The van der Waals surface area contributed by atoms with Crippen LogP contribution in [0.2, 0.25) is 0 Å². The van der Waals surface area contributed by atoms with Crippen molar-refractivity contribution in [1.29, 1.82) is 0 Å². The van der Waals surface area contributed by atoms with E-state index in [2.05, 4.69) is 36.7 Å². The van der Waals surface area contributed by atoms with Crippen molar-refractivity contribution in [3.05, 3.63) is 38.9 Å². The van der Waals surface area contributed by atoms with Gasteiger partial charge in [0.1, 0.15) is 5.82 Å². The van der Waals surface area contributed by atoms with Crippen LogP contribution in [0, 0.1) is 11.8 Å². The Morgan fingerprint density at radius 3 is 2.80 bits per heavy atom. The van der Waals surface area contributed by atoms with E-state index < -0.39 is 0 Å². The number of hydrogen-bond donors (Lipinski definition) is 0. The SMILES string of the molecule is CCC[C@H](c1nc2ccc(Br)cc2c(=O)n1CC)[C@H]1CCC[C@@H](C)C1. The lowest BCUT2D eigenvalue weighted by Crippen LogP contribution is -2.30. The molecule has 3 rings (SSSR count). The zero-order chi connectivity index (χ0) is 18.0. The fraction of sp³-hybridized carbons (Fsp3) is 0.619. The molecule has 0 radical (unpaired) electrons. The van der Waals surface area contributed by atoms with E-state index in [0.717, 1.165) is 34.6 Å². The number of rotatable bonds is 5. The fourth-order valence-corrected chi connectivity index (χ4v) is 4.89. The molecule has 136 valence electrons. The second-order valence-corrected chi connectivity index (χ2v) is 8.52. The van der Waals surface area contributed by atoms with Gasteiger partial charge in [-0.2, -0.15) is 0 Å². The van der Waals surface area contributed by atoms with Crippen molar-refractivity contribution in [2.75, 3.05) is 0 Å². The van der Waals surface area contributed by atoms with E-state index in [1.807, 2.05) is 22.8 Å². The van der Waals surface area contributed by atoms with Gasteiger partial charge in [-0.1, -0.05) is 49.0 Å². The second kappa shape index (κ2) is 8.03. The van der Waals surface area contributed by atoms with Crippen LogP contribution in [0.25, 0.3) is 10.9 Å². The maximum atomic E-state index is 13.1. The van der Waals surface area contributed by atoms with E-state index in [1.54, 1.807) is 0 Å². The predicted octanol–water partition coefficient (Wildman–Crippen LogP) is 5.89. The number of fused-ring (bicyclic) bond motifs is 1. The standard InChI is InChI=1S/C21H29BrN2O/c1-4-7-17(15-9-6-8-14(3)12-15)20-23-19-11-10-16(22)13-18(19)21(25)24(20)5-2/h10-11,13-15,17H,4-9,12H2,1-3H3/t14-,15+,17+/m1/s1. The number of benzene rings is 1. The third-order valence-corrected chi connectivity index (χ3v) is 6.23. The van der Waals surface area contributed by atoms with Gasteiger partial charge in [0.25, 0.3) is 5.56 Å². The Hall–Kier alpha value is -1.16. The summed E-state index contributed by atoms with van der Waals surface area (Å²) in [6.07, 6.45) is 7.44. The Morgan fingerprint density at radius 2 is 2.12 bits per heavy atom. The van der Waals surface area contributed by atoms with E-state index in [9.17, 15) is 4.79 Å². The van der Waals surface area contributed by atoms with Gasteiger partial charge in [0.15, 0.2) is 0 Å². The average Bonchev–Trinajstić information content (AvgIpc) is 2.60. The van der Waals surface area contributed by atoms with Gasteiger partial charge in [0, 0.05) is 16.9 Å². The lowest BCUT2D eigenvalue weighted by atomic mass is 9.74. The van der Waals surface area contributed by atoms with Crippen LogP contribution in [-0.2, 0) is 6.54 Å². The Balaban J connectivity index is 2.13. The van der Waals surface area contributed by atoms with E-state index in [4.69, 9.17) is 4.98 Å². The van der Waals surface area contributed by atoms with Crippen LogP contribution in [0.4, 0.5) is 0 Å². The molecule has 1 aromatic heterocycles. The minimum absolute atomic E-state index is 0.105. The molecule has 0 amide bonds. The second-order valence-electron chi connectivity index (χ2n) is 7.61. The first kappa shape index (κ1) is 18.6. The van der Waals surface area contributed by atoms with Gasteiger partial charge in [-0.3, -0.25) is 9.36 Å². The Kier molecular flexibility index (Phi) is 5.98. The van der Waals surface area contributed by atoms with Crippen LogP contribution in [0.3, 0.4) is 0 Å². The van der Waals surface area contributed by atoms with E-state index in [-0.39, 0.29) is 5.56 Å². The zero-order valence-corrected chi connectivity index (χ0v) is 17.2. The quantitative estimate of drug-likeness (QED) is 0.622. The molecule has 3 nitrogen and oxygen atoms in total. The molecule has 0 aliphatic heterocycles. The molecule has 1 aromatic carbocycles. The van der Waals surface area contributed by atoms with Gasteiger partial charge >= 0.3 is 0 Å². The molecular weight excluding hydrogens is 376 g/mol. The molecule has 4 heteroatoms. The van der Waals surface area contributed by atoms with Crippen LogP contribution in [-0.4, -0.2) is 9.55 Å². The molecule has 1 aliphatic carbocycles. The highest BCUT2D eigenvalue weighted by Gasteiger charge is 2.30. The highest BCUT2D eigenvalue weighted by atomic mass is 79.9. The first-order valence-corrected chi connectivity index (χ1v) is 10.5. The van der Waals surface area contributed by atoms with Crippen molar-refractivity contribution in [2.24, 2.45) is 11.8 Å². The van der Waals surface area contributed by atoms with Crippen molar-refractivity contribution in [3.8, 4) is 0 Å². The summed E-state index contributed by atoms with van der Waals surface area (Å²) in [5.74, 6) is 2.86. The van der Waals surface area contributed by atoms with Crippen LogP contribution in [0.5, 0.6) is 0 Å². The molecule has 1 saturated carbocycles. The zero-order valence-electron chi connectivity index (χ0n) is 15.6. The largest absolute Gasteiger partial charge is 0.296 e. The molecule has 1 fully saturated rings. The van der Waals surface area contributed by atoms with Crippen molar-refractivity contribution < 1.29 is 0 Å². The maximum Gasteiger partial charge on any atom is 0.261 e. The summed E-state index contributed by atoms with van der Waals surface area (Å²) in [5, 5.41) is 0.715. The average molecular weight is 405 g/mol. The van der Waals surface area contributed by atoms with E-state index in [0.29, 0.717) is 23.8 Å². The van der Waals surface area contributed by atoms with Crippen molar-refractivity contribution in [2.45, 2.75) is 71.8 Å². The van der Waals surface area contributed by atoms with Crippen LogP contribution < -0.4 is 5.56 Å². The molecule has 0 spiro atoms. The summed E-state index contributed by atoms with van der Waals surface area (Å²) in [5.41, 5.74) is 0.937. The molecule has 1 heterocycles. The minimum Gasteiger partial charge on any atom is -0.296 e. The summed E-state index contributed by atoms with van der Waals surface area (Å²) >= 11 is 3.48. The third kappa shape index (κ3) is 3.84. The molecular formula is C21H29BrN2O. The molecule has 2 aromatic rings. The van der Waals surface area contributed by atoms with Crippen LogP contribution in [0.15, 0.2) is 27.5 Å². The fourth-order valence-electron chi connectivity index (χ4n) is 4.53. The topological polar surface area (TPSA) is 34.9 Å². The molecule has 0 N–H and O–H groups in total. The van der Waals surface area contributed by atoms with Crippen LogP contribution in [0.1, 0.15) is 71.0 Å². The predicted molar refractivity (Wildman–Crippen MR) is 108 cm³/mol. The number of aromatic nitrogens is 2. The Bertz CT molecular complexity index is 798. The normalized spacial score (nSPS) is 22.2. The summed E-state index contributed by atoms with van der Waals surface area (Å²) in [6.45, 7) is 7.36. The van der Waals surface area contributed by atoms with Crippen molar-refractivity contribution >= 4 is 26.8 Å². The highest BCUT2D eigenvalue weighted by molar-refractivity contribution is 9.10. The minimum atomic E-state index is 0.105. The molecule has 0 saturated heterocycles. The van der Waals surface area contributed by atoms with E-state index >= 15 is 0 Å². The smallest absolute Gasteiger partial charge is 0.261 e. The Labute approximate surface area is 159 Å². The summed E-state index contributed by atoms with van der Waals surface area (Å²) in [7, 11) is 0. The Morgan fingerprint density at radius 1 is 1.32 bits per heavy atom. The van der Waals surface area contributed by atoms with Gasteiger partial charge in [-0.25, -0.2) is 4.98 Å². The number of hydrogen-bond acceptors (Lipinski definition) is 2. The van der Waals surface area contributed by atoms with Crippen molar-refractivity contribution in [3.63, 3.8) is 0 Å². The van der Waals surface area contributed by atoms with Gasteiger partial charge in [0.2, 0.25) is 0 Å². The molecule has 3 atom stereocenters. The lowest BCUT2D eigenvalue weighted by molar-refractivity contribution is 0.229. The molecule has 1 aliphatic rings. The first-order valence-electron chi connectivity index (χ1n) is 9.75. The number of nitrogens with zero attached hydrogens (tertiary/aromatic N) is 2. The van der Waals surface area contributed by atoms with Gasteiger partial charge in [-0.05, 0) is 56.2 Å². The van der Waals surface area contributed by atoms with Gasteiger partial charge < -0.3 is 0 Å². The van der Waals surface area contributed by atoms with Gasteiger partial charge in [0.05, 0.1) is 10.9 Å². The first-order chi connectivity index (χ1) is 12.0. The highest BCUT2D eigenvalue weighted by Crippen LogP contribution is 2.40. The van der Waals surface area contributed by atoms with Crippen molar-refractivity contribution in [1.82, 2.24) is 9.55 Å².